The van der Waals surface area contributed by atoms with Crippen molar-refractivity contribution in [2.45, 2.75) is 19.0 Å². The third-order valence-electron chi connectivity index (χ3n) is 5.21. The second kappa shape index (κ2) is 9.97. The van der Waals surface area contributed by atoms with Crippen LogP contribution in [0, 0.1) is 0 Å². The lowest BCUT2D eigenvalue weighted by Gasteiger charge is -2.16. The summed E-state index contributed by atoms with van der Waals surface area (Å²) in [5.74, 6) is -1.65. The van der Waals surface area contributed by atoms with E-state index in [1.54, 1.807) is 48.8 Å². The number of carbonyl (C=O) groups excluding carboxylic acids is 4. The molecular formula is C25H21N3O5. The molecule has 8 heteroatoms. The number of Topliss-reactive ketones (excluding diaryl/α,β-unsaturated/α-hetero) is 1. The summed E-state index contributed by atoms with van der Waals surface area (Å²) in [5, 5.41) is 3.09. The van der Waals surface area contributed by atoms with Gasteiger partial charge in [0.2, 0.25) is 5.91 Å². The van der Waals surface area contributed by atoms with Crippen LogP contribution >= 0.6 is 0 Å². The highest BCUT2D eigenvalue weighted by Crippen LogP contribution is 2.24. The number of benzene rings is 2. The number of hydrogen-bond acceptors (Lipinski definition) is 7. The number of carbonyl (C=O) groups is 4. The normalized spacial score (nSPS) is 15.5. The van der Waals surface area contributed by atoms with E-state index in [-0.39, 0.29) is 36.2 Å². The summed E-state index contributed by atoms with van der Waals surface area (Å²) < 4.78 is 5.09. The first kappa shape index (κ1) is 22.0. The number of rotatable bonds is 8. The fraction of sp³-hybridized carbons (Fsp3) is 0.160. The maximum Gasteiger partial charge on any atom is 0.338 e. The Labute approximate surface area is 190 Å². The summed E-state index contributed by atoms with van der Waals surface area (Å²) in [4.78, 5) is 54.7. The van der Waals surface area contributed by atoms with Crippen LogP contribution in [-0.2, 0) is 20.9 Å². The molecule has 1 N–H and O–H groups in total. The second-order valence-electron chi connectivity index (χ2n) is 7.48. The van der Waals surface area contributed by atoms with Crippen LogP contribution in [0.2, 0.25) is 0 Å². The second-order valence-corrected chi connectivity index (χ2v) is 7.48. The topological polar surface area (TPSA) is 106 Å². The lowest BCUT2D eigenvalue weighted by atomic mass is 10.1. The maximum absolute atomic E-state index is 12.8. The number of ether oxygens (including phenoxy) is 1. The van der Waals surface area contributed by atoms with E-state index in [0.717, 1.165) is 10.5 Å². The van der Waals surface area contributed by atoms with Crippen LogP contribution in [0.25, 0.3) is 0 Å². The van der Waals surface area contributed by atoms with Crippen molar-refractivity contribution in [3.05, 3.63) is 95.8 Å². The number of ketones is 1. The molecule has 4 rings (SSSR count). The van der Waals surface area contributed by atoms with Gasteiger partial charge in [-0.2, -0.15) is 0 Å². The fourth-order valence-electron chi connectivity index (χ4n) is 3.47. The van der Waals surface area contributed by atoms with Crippen LogP contribution in [-0.4, -0.2) is 41.2 Å². The predicted molar refractivity (Wildman–Crippen MR) is 119 cm³/mol. The molecule has 1 saturated heterocycles. The van der Waals surface area contributed by atoms with E-state index in [1.165, 1.54) is 24.3 Å². The Kier molecular flexibility index (Phi) is 6.66. The van der Waals surface area contributed by atoms with E-state index in [0.29, 0.717) is 17.8 Å². The Balaban J connectivity index is 1.35. The predicted octanol–water partition coefficient (Wildman–Crippen LogP) is 2.54. The van der Waals surface area contributed by atoms with Crippen molar-refractivity contribution in [2.75, 3.05) is 11.5 Å². The smallest absolute Gasteiger partial charge is 0.338 e. The Morgan fingerprint density at radius 1 is 0.970 bits per heavy atom. The lowest BCUT2D eigenvalue weighted by molar-refractivity contribution is -0.121. The van der Waals surface area contributed by atoms with Crippen LogP contribution in [0.4, 0.5) is 5.69 Å². The van der Waals surface area contributed by atoms with Crippen LogP contribution < -0.4 is 10.2 Å². The van der Waals surface area contributed by atoms with E-state index in [2.05, 4.69) is 10.3 Å². The van der Waals surface area contributed by atoms with Gasteiger partial charge in [-0.05, 0) is 35.9 Å². The first-order chi connectivity index (χ1) is 16.0. The molecule has 8 nitrogen and oxygen atoms in total. The van der Waals surface area contributed by atoms with Gasteiger partial charge in [-0.15, -0.1) is 0 Å². The third-order valence-corrected chi connectivity index (χ3v) is 5.21. The number of anilines is 1. The first-order valence-corrected chi connectivity index (χ1v) is 10.4. The molecule has 1 aliphatic rings. The zero-order valence-corrected chi connectivity index (χ0v) is 17.6. The third kappa shape index (κ3) is 5.19. The minimum absolute atomic E-state index is 0.0461. The van der Waals surface area contributed by atoms with Gasteiger partial charge in [0.05, 0.1) is 23.7 Å². The highest BCUT2D eigenvalue weighted by Gasteiger charge is 2.39. The first-order valence-electron chi connectivity index (χ1n) is 10.4. The van der Waals surface area contributed by atoms with Crippen LogP contribution in [0.15, 0.2) is 79.1 Å². The van der Waals surface area contributed by atoms with Crippen LogP contribution in [0.5, 0.6) is 0 Å². The number of esters is 1. The van der Waals surface area contributed by atoms with Gasteiger partial charge >= 0.3 is 5.97 Å². The summed E-state index contributed by atoms with van der Waals surface area (Å²) in [6.07, 6.45) is 3.40. The quantitative estimate of drug-likeness (QED) is 0.324. The number of imide groups is 1. The van der Waals surface area contributed by atoms with Gasteiger partial charge in [0.25, 0.3) is 5.91 Å². The molecule has 1 atom stereocenters. The minimum Gasteiger partial charge on any atom is -0.454 e. The van der Waals surface area contributed by atoms with Crippen molar-refractivity contribution >= 4 is 29.3 Å². The van der Waals surface area contributed by atoms with E-state index in [4.69, 9.17) is 4.74 Å². The van der Waals surface area contributed by atoms with Crippen molar-refractivity contribution in [1.82, 2.24) is 10.3 Å². The average molecular weight is 443 g/mol. The van der Waals surface area contributed by atoms with Crippen molar-refractivity contribution in [1.29, 1.82) is 0 Å². The summed E-state index contributed by atoms with van der Waals surface area (Å²) >= 11 is 0. The number of hydrogen-bond donors (Lipinski definition) is 1. The number of nitrogens with zero attached hydrogens (tertiary/aromatic N) is 2. The molecule has 1 unspecified atom stereocenters. The van der Waals surface area contributed by atoms with Crippen molar-refractivity contribution in [3.8, 4) is 0 Å². The molecule has 0 saturated carbocycles. The molecule has 33 heavy (non-hydrogen) atoms. The molecule has 1 aromatic heterocycles. The summed E-state index contributed by atoms with van der Waals surface area (Å²) in [7, 11) is 0. The van der Waals surface area contributed by atoms with E-state index >= 15 is 0 Å². The summed E-state index contributed by atoms with van der Waals surface area (Å²) in [6, 6.07) is 17.5. The lowest BCUT2D eigenvalue weighted by Crippen LogP contribution is -2.38. The average Bonchev–Trinajstić information content (AvgIpc) is 3.15. The Hall–Kier alpha value is -4.17. The Morgan fingerprint density at radius 2 is 1.73 bits per heavy atom. The molecule has 166 valence electrons. The van der Waals surface area contributed by atoms with Gasteiger partial charge in [0, 0.05) is 24.5 Å². The van der Waals surface area contributed by atoms with Gasteiger partial charge in [-0.25, -0.2) is 9.69 Å². The van der Waals surface area contributed by atoms with E-state index in [1.807, 2.05) is 6.07 Å². The van der Waals surface area contributed by atoms with Crippen LogP contribution in [0.3, 0.4) is 0 Å². The SMILES string of the molecule is O=C(COC(=O)c1ccc(N2C(=O)CC(NCc3cccnc3)C2=O)cc1)c1ccccc1. The number of nitrogens with one attached hydrogen (secondary N) is 1. The fourth-order valence-corrected chi connectivity index (χ4v) is 3.47. The molecule has 2 aromatic carbocycles. The number of amides is 2. The molecule has 0 aliphatic carbocycles. The molecular weight excluding hydrogens is 422 g/mol. The summed E-state index contributed by atoms with van der Waals surface area (Å²) in [5.41, 5.74) is 1.95. The number of aromatic nitrogens is 1. The number of pyridine rings is 1. The van der Waals surface area contributed by atoms with Crippen molar-refractivity contribution in [3.63, 3.8) is 0 Å². The van der Waals surface area contributed by atoms with Gasteiger partial charge in [-0.3, -0.25) is 19.4 Å². The van der Waals surface area contributed by atoms with Gasteiger partial charge in [-0.1, -0.05) is 36.4 Å². The molecule has 1 fully saturated rings. The molecule has 0 radical (unpaired) electrons. The van der Waals surface area contributed by atoms with E-state index < -0.39 is 12.0 Å². The van der Waals surface area contributed by atoms with Crippen molar-refractivity contribution in [2.24, 2.45) is 0 Å². The standard InChI is InChI=1S/C25H21N3O5/c29-22(18-6-2-1-3-7-18)16-33-25(32)19-8-10-20(11-9-19)28-23(30)13-21(24(28)31)27-15-17-5-4-12-26-14-17/h1-12,14,21,27H,13,15-16H2. The maximum atomic E-state index is 12.8. The van der Waals surface area contributed by atoms with Gasteiger partial charge in [0.1, 0.15) is 0 Å². The van der Waals surface area contributed by atoms with Gasteiger partial charge < -0.3 is 10.1 Å². The highest BCUT2D eigenvalue weighted by atomic mass is 16.5. The summed E-state index contributed by atoms with van der Waals surface area (Å²) in [6.45, 7) is 0.0375. The molecule has 0 spiro atoms. The van der Waals surface area contributed by atoms with E-state index in [9.17, 15) is 19.2 Å². The highest BCUT2D eigenvalue weighted by molar-refractivity contribution is 6.22. The van der Waals surface area contributed by atoms with Crippen LogP contribution in [0.1, 0.15) is 32.7 Å². The molecule has 3 aromatic rings. The molecule has 0 bridgehead atoms. The molecule has 1 aliphatic heterocycles. The molecule has 2 amide bonds. The largest absolute Gasteiger partial charge is 0.454 e. The van der Waals surface area contributed by atoms with Crippen molar-refractivity contribution < 1.29 is 23.9 Å². The Bertz CT molecular complexity index is 1160. The zero-order chi connectivity index (χ0) is 23.2. The molecule has 2 heterocycles. The van der Waals surface area contributed by atoms with Gasteiger partial charge in [0.15, 0.2) is 12.4 Å². The Morgan fingerprint density at radius 3 is 2.42 bits per heavy atom. The minimum atomic E-state index is -0.666. The zero-order valence-electron chi connectivity index (χ0n) is 17.6. The monoisotopic (exact) mass is 443 g/mol.